The van der Waals surface area contributed by atoms with Crippen molar-refractivity contribution in [1.29, 1.82) is 0 Å². The van der Waals surface area contributed by atoms with Gasteiger partial charge in [-0.3, -0.25) is 4.79 Å². The molecule has 0 aliphatic carbocycles. The van der Waals surface area contributed by atoms with E-state index in [0.29, 0.717) is 0 Å². The molecule has 1 rings (SSSR count). The Morgan fingerprint density at radius 3 is 2.14 bits per heavy atom. The zero-order valence-corrected chi connectivity index (χ0v) is 9.82. The molecule has 4 heteroatoms. The average molecular weight is 288 g/mol. The summed E-state index contributed by atoms with van der Waals surface area (Å²) in [7, 11) is 0. The van der Waals surface area contributed by atoms with Crippen molar-refractivity contribution in [2.45, 2.75) is 13.8 Å². The van der Waals surface area contributed by atoms with Gasteiger partial charge in [0, 0.05) is 39.6 Å². The van der Waals surface area contributed by atoms with E-state index in [1.165, 1.54) is 5.69 Å². The van der Waals surface area contributed by atoms with Gasteiger partial charge in [0.2, 0.25) is 0 Å². The predicted molar refractivity (Wildman–Crippen MR) is 53.9 cm³/mol. The van der Waals surface area contributed by atoms with Crippen LogP contribution in [-0.2, 0) is 25.2 Å². The fourth-order valence-corrected chi connectivity index (χ4v) is 0.760. The van der Waals surface area contributed by atoms with Gasteiger partial charge in [-0.1, -0.05) is 18.2 Å². The number of carbonyl (C=O) groups is 1. The Morgan fingerprint density at radius 1 is 1.36 bits per heavy atom. The molecule has 0 aliphatic rings. The molecule has 3 nitrogen and oxygen atoms in total. The van der Waals surface area contributed by atoms with E-state index < -0.39 is 5.97 Å². The number of aliphatic carboxylic acids is 1. The maximum atomic E-state index is 9.00. The van der Waals surface area contributed by atoms with E-state index in [1.54, 1.807) is 0 Å². The van der Waals surface area contributed by atoms with E-state index in [2.05, 4.69) is 24.4 Å². The summed E-state index contributed by atoms with van der Waals surface area (Å²) in [5.41, 5.74) is 1.19. The van der Waals surface area contributed by atoms with Gasteiger partial charge in [0.15, 0.2) is 0 Å². The van der Waals surface area contributed by atoms with Gasteiger partial charge >= 0.3 is 0 Å². The summed E-state index contributed by atoms with van der Waals surface area (Å²) in [4.78, 5) is 9.00. The van der Waals surface area contributed by atoms with E-state index in [1.807, 2.05) is 18.2 Å². The number of carboxylic acids is 1. The maximum Gasteiger partial charge on any atom is 0.300 e. The second-order valence-electron chi connectivity index (χ2n) is 2.42. The summed E-state index contributed by atoms with van der Waals surface area (Å²) in [6.45, 7) is 4.16. The fourth-order valence-electron chi connectivity index (χ4n) is 0.760. The molecule has 0 spiro atoms. The smallest absolute Gasteiger partial charge is 0.300 e. The van der Waals surface area contributed by atoms with Crippen molar-refractivity contribution >= 4 is 11.7 Å². The topological polar surface area (TPSA) is 49.3 Å². The first-order valence-corrected chi connectivity index (χ1v) is 4.15. The van der Waals surface area contributed by atoms with Crippen LogP contribution in [0, 0.1) is 0 Å². The summed E-state index contributed by atoms with van der Waals surface area (Å²) in [6, 6.07) is 10.2. The first-order chi connectivity index (χ1) is 6.16. The zero-order valence-electron chi connectivity index (χ0n) is 8.27. The Hall–Kier alpha value is -0.848. The van der Waals surface area contributed by atoms with Crippen LogP contribution in [0.4, 0.5) is 5.69 Å². The predicted octanol–water partition coefficient (Wildman–Crippen LogP) is 2.21. The van der Waals surface area contributed by atoms with Crippen molar-refractivity contribution in [2.75, 3.05) is 11.9 Å². The molecule has 0 fully saturated rings. The molecule has 0 saturated heterocycles. The van der Waals surface area contributed by atoms with Gasteiger partial charge in [0.05, 0.1) is 0 Å². The third-order valence-electron chi connectivity index (χ3n) is 1.15. The molecule has 0 amide bonds. The quantitative estimate of drug-likeness (QED) is 0.820. The van der Waals surface area contributed by atoms with Crippen molar-refractivity contribution in [1.82, 2.24) is 0 Å². The van der Waals surface area contributed by atoms with E-state index in [0.717, 1.165) is 13.5 Å². The van der Waals surface area contributed by atoms with Gasteiger partial charge in [-0.15, -0.1) is 0 Å². The molecule has 82 valence electrons. The Balaban J connectivity index is 0. The molecule has 14 heavy (non-hydrogen) atoms. The van der Waals surface area contributed by atoms with Gasteiger partial charge in [0.1, 0.15) is 0 Å². The molecule has 0 heterocycles. The fraction of sp³-hybridized carbons (Fsp3) is 0.300. The van der Waals surface area contributed by atoms with Crippen LogP contribution in [-0.4, -0.2) is 17.6 Å². The van der Waals surface area contributed by atoms with Crippen LogP contribution in [0.1, 0.15) is 13.8 Å². The Bertz CT molecular complexity index is 235. The number of nitrogens with one attached hydrogen (secondary N) is 1. The van der Waals surface area contributed by atoms with Gasteiger partial charge < -0.3 is 10.4 Å². The Labute approximate surface area is 98.2 Å². The molecule has 0 aliphatic heterocycles. The molecule has 2 N–H and O–H groups in total. The second-order valence-corrected chi connectivity index (χ2v) is 2.42. The van der Waals surface area contributed by atoms with Crippen LogP contribution < -0.4 is 5.32 Å². The molecule has 0 aromatic heterocycles. The van der Waals surface area contributed by atoms with Crippen molar-refractivity contribution < 1.29 is 30.3 Å². The van der Waals surface area contributed by atoms with Gasteiger partial charge in [-0.25, -0.2) is 0 Å². The normalized spacial score (nSPS) is 7.57. The third-order valence-corrected chi connectivity index (χ3v) is 1.15. The minimum atomic E-state index is -0.833. The van der Waals surface area contributed by atoms with Crippen molar-refractivity contribution in [2.24, 2.45) is 0 Å². The third kappa shape index (κ3) is 11.2. The van der Waals surface area contributed by atoms with Crippen LogP contribution in [0.25, 0.3) is 0 Å². The first-order valence-electron chi connectivity index (χ1n) is 4.15. The van der Waals surface area contributed by atoms with Crippen molar-refractivity contribution in [3.8, 4) is 0 Å². The van der Waals surface area contributed by atoms with Crippen LogP contribution >= 0.6 is 0 Å². The first kappa shape index (κ1) is 15.6. The number of para-hydroxylation sites is 1. The SMILES string of the molecule is CC(=O)O.CCNc1ccccc1.[Pd]. The molecular weight excluding hydrogens is 273 g/mol. The Morgan fingerprint density at radius 2 is 1.79 bits per heavy atom. The molecule has 0 atom stereocenters. The van der Waals surface area contributed by atoms with Crippen LogP contribution in [0.5, 0.6) is 0 Å². The molecule has 1 aromatic carbocycles. The molecule has 0 saturated carbocycles. The number of anilines is 1. The summed E-state index contributed by atoms with van der Waals surface area (Å²) >= 11 is 0. The van der Waals surface area contributed by atoms with Gasteiger partial charge in [-0.2, -0.15) is 0 Å². The maximum absolute atomic E-state index is 9.00. The minimum absolute atomic E-state index is 0. The molecule has 0 bridgehead atoms. The molecule has 1 aromatic rings. The van der Waals surface area contributed by atoms with E-state index in [-0.39, 0.29) is 20.4 Å². The van der Waals surface area contributed by atoms with Crippen molar-refractivity contribution in [3.05, 3.63) is 30.3 Å². The number of carboxylic acid groups (broad SMARTS) is 1. The largest absolute Gasteiger partial charge is 0.481 e. The van der Waals surface area contributed by atoms with E-state index in [4.69, 9.17) is 9.90 Å². The average Bonchev–Trinajstić information content (AvgIpc) is 2.06. The van der Waals surface area contributed by atoms with E-state index >= 15 is 0 Å². The summed E-state index contributed by atoms with van der Waals surface area (Å²) in [6.07, 6.45) is 0. The van der Waals surface area contributed by atoms with Crippen LogP contribution in [0.3, 0.4) is 0 Å². The summed E-state index contributed by atoms with van der Waals surface area (Å²) < 4.78 is 0. The summed E-state index contributed by atoms with van der Waals surface area (Å²) in [5, 5.41) is 10.6. The molecule has 0 radical (unpaired) electrons. The zero-order chi connectivity index (χ0) is 10.1. The van der Waals surface area contributed by atoms with Crippen molar-refractivity contribution in [3.63, 3.8) is 0 Å². The Kier molecular flexibility index (Phi) is 11.4. The van der Waals surface area contributed by atoms with Gasteiger partial charge in [-0.05, 0) is 19.1 Å². The number of benzene rings is 1. The summed E-state index contributed by atoms with van der Waals surface area (Å²) in [5.74, 6) is -0.833. The van der Waals surface area contributed by atoms with Crippen LogP contribution in [0.2, 0.25) is 0 Å². The number of hydrogen-bond acceptors (Lipinski definition) is 2. The standard InChI is InChI=1S/C8H11N.C2H4O2.Pd/c1-2-9-8-6-4-3-5-7-8;1-2(3)4;/h3-7,9H,2H2,1H3;1H3,(H,3,4);. The van der Waals surface area contributed by atoms with Gasteiger partial charge in [0.25, 0.3) is 5.97 Å². The number of hydrogen-bond donors (Lipinski definition) is 2. The molecular formula is C10H15NO2Pd. The molecule has 0 unspecified atom stereocenters. The minimum Gasteiger partial charge on any atom is -0.481 e. The van der Waals surface area contributed by atoms with E-state index in [9.17, 15) is 0 Å². The number of rotatable bonds is 2. The monoisotopic (exact) mass is 287 g/mol. The second kappa shape index (κ2) is 10.2. The van der Waals surface area contributed by atoms with Crippen LogP contribution in [0.15, 0.2) is 30.3 Å².